The molecule has 0 saturated heterocycles. The van der Waals surface area contributed by atoms with Crippen LogP contribution in [0, 0.1) is 12.7 Å². The zero-order chi connectivity index (χ0) is 14.0. The van der Waals surface area contributed by atoms with Gasteiger partial charge in [0.05, 0.1) is 18.5 Å². The van der Waals surface area contributed by atoms with Crippen LogP contribution in [0.1, 0.15) is 22.8 Å². The first-order valence-electron chi connectivity index (χ1n) is 5.81. The molecule has 1 aromatic carbocycles. The molecule has 2 N–H and O–H groups in total. The van der Waals surface area contributed by atoms with Crippen molar-refractivity contribution in [2.75, 3.05) is 12.3 Å². The molecule has 0 spiro atoms. The molecule has 0 saturated carbocycles. The molecule has 6 heteroatoms. The lowest BCUT2D eigenvalue weighted by molar-refractivity contribution is 0.0527. The summed E-state index contributed by atoms with van der Waals surface area (Å²) in [5, 5.41) is 3.98. The summed E-state index contributed by atoms with van der Waals surface area (Å²) in [5.74, 6) is -0.773. The van der Waals surface area contributed by atoms with Crippen molar-refractivity contribution in [1.82, 2.24) is 9.78 Å². The third-order valence-electron chi connectivity index (χ3n) is 2.70. The molecular formula is C13H14FN3O2. The highest BCUT2D eigenvalue weighted by Crippen LogP contribution is 2.19. The van der Waals surface area contributed by atoms with Crippen LogP contribution in [-0.4, -0.2) is 22.4 Å². The molecule has 5 nitrogen and oxygen atoms in total. The molecule has 0 aliphatic rings. The lowest BCUT2D eigenvalue weighted by Gasteiger charge is -2.06. The van der Waals surface area contributed by atoms with Gasteiger partial charge in [-0.15, -0.1) is 0 Å². The van der Waals surface area contributed by atoms with E-state index in [0.717, 1.165) is 0 Å². The molecule has 1 heterocycles. The second-order valence-corrected chi connectivity index (χ2v) is 4.01. The molecule has 0 fully saturated rings. The maximum atomic E-state index is 13.5. The van der Waals surface area contributed by atoms with Gasteiger partial charge in [0.2, 0.25) is 0 Å². The van der Waals surface area contributed by atoms with Crippen LogP contribution in [0.3, 0.4) is 0 Å². The molecule has 0 radical (unpaired) electrons. The molecule has 0 atom stereocenters. The minimum absolute atomic E-state index is 0.127. The fourth-order valence-electron chi connectivity index (χ4n) is 1.64. The molecule has 19 heavy (non-hydrogen) atoms. The van der Waals surface area contributed by atoms with E-state index in [1.807, 2.05) is 0 Å². The monoisotopic (exact) mass is 263 g/mol. The van der Waals surface area contributed by atoms with Crippen molar-refractivity contribution in [3.63, 3.8) is 0 Å². The summed E-state index contributed by atoms with van der Waals surface area (Å²) in [6.45, 7) is 3.62. The zero-order valence-electron chi connectivity index (χ0n) is 10.7. The SMILES string of the molecule is CCOC(=O)c1cnn(-c2ccc(C)c(F)c2)c1N. The number of benzene rings is 1. The Morgan fingerprint density at radius 1 is 1.53 bits per heavy atom. The number of anilines is 1. The van der Waals surface area contributed by atoms with Crippen LogP contribution in [0.2, 0.25) is 0 Å². The Balaban J connectivity index is 2.41. The maximum Gasteiger partial charge on any atom is 0.343 e. The van der Waals surface area contributed by atoms with Crippen molar-refractivity contribution < 1.29 is 13.9 Å². The van der Waals surface area contributed by atoms with E-state index in [2.05, 4.69) is 5.10 Å². The summed E-state index contributed by atoms with van der Waals surface area (Å²) in [7, 11) is 0. The number of nitrogens with two attached hydrogens (primary N) is 1. The van der Waals surface area contributed by atoms with Crippen molar-refractivity contribution in [2.45, 2.75) is 13.8 Å². The van der Waals surface area contributed by atoms with Gasteiger partial charge in [-0.3, -0.25) is 0 Å². The molecule has 0 unspecified atom stereocenters. The van der Waals surface area contributed by atoms with Gasteiger partial charge in [0.1, 0.15) is 17.2 Å². The van der Waals surface area contributed by atoms with Gasteiger partial charge in [0.25, 0.3) is 0 Å². The molecule has 2 aromatic rings. The van der Waals surface area contributed by atoms with Crippen molar-refractivity contribution in [2.24, 2.45) is 0 Å². The number of ether oxygens (including phenoxy) is 1. The Morgan fingerprint density at radius 3 is 2.89 bits per heavy atom. The molecule has 0 aliphatic heterocycles. The first-order chi connectivity index (χ1) is 9.04. The molecule has 1 aromatic heterocycles. The molecular weight excluding hydrogens is 249 g/mol. The Morgan fingerprint density at radius 2 is 2.26 bits per heavy atom. The van der Waals surface area contributed by atoms with Crippen molar-refractivity contribution in [3.05, 3.63) is 41.3 Å². The summed E-state index contributed by atoms with van der Waals surface area (Å²) in [6, 6.07) is 4.61. The largest absolute Gasteiger partial charge is 0.462 e. The number of carbonyl (C=O) groups excluding carboxylic acids is 1. The van der Waals surface area contributed by atoms with E-state index < -0.39 is 5.97 Å². The fourth-order valence-corrected chi connectivity index (χ4v) is 1.64. The van der Waals surface area contributed by atoms with Crippen LogP contribution in [0.25, 0.3) is 5.69 Å². The highest BCUT2D eigenvalue weighted by atomic mass is 19.1. The minimum atomic E-state index is -0.543. The average molecular weight is 263 g/mol. The standard InChI is InChI=1S/C13H14FN3O2/c1-3-19-13(18)10-7-16-17(12(10)15)9-5-4-8(2)11(14)6-9/h4-7H,3,15H2,1-2H3. The predicted molar refractivity (Wildman–Crippen MR) is 68.6 cm³/mol. The van der Waals surface area contributed by atoms with Crippen molar-refractivity contribution >= 4 is 11.8 Å². The van der Waals surface area contributed by atoms with Gasteiger partial charge in [0.15, 0.2) is 0 Å². The van der Waals surface area contributed by atoms with Gasteiger partial charge in [-0.05, 0) is 31.5 Å². The average Bonchev–Trinajstić information content (AvgIpc) is 2.75. The topological polar surface area (TPSA) is 70.1 Å². The summed E-state index contributed by atoms with van der Waals surface area (Å²) >= 11 is 0. The van der Waals surface area contributed by atoms with Crippen LogP contribution < -0.4 is 5.73 Å². The summed E-state index contributed by atoms with van der Waals surface area (Å²) in [4.78, 5) is 11.6. The number of nitrogen functional groups attached to an aromatic ring is 1. The first kappa shape index (κ1) is 13.1. The lowest BCUT2D eigenvalue weighted by Crippen LogP contribution is -2.09. The maximum absolute atomic E-state index is 13.5. The van der Waals surface area contributed by atoms with Crippen LogP contribution >= 0.6 is 0 Å². The number of esters is 1. The third kappa shape index (κ3) is 2.42. The van der Waals surface area contributed by atoms with Gasteiger partial charge < -0.3 is 10.5 Å². The van der Waals surface area contributed by atoms with E-state index in [1.54, 1.807) is 26.0 Å². The number of hydrogen-bond acceptors (Lipinski definition) is 4. The molecule has 2 rings (SSSR count). The highest BCUT2D eigenvalue weighted by molar-refractivity contribution is 5.94. The Kier molecular flexibility index (Phi) is 3.50. The number of rotatable bonds is 3. The van der Waals surface area contributed by atoms with Crippen molar-refractivity contribution in [3.8, 4) is 5.69 Å². The fraction of sp³-hybridized carbons (Fsp3) is 0.231. The van der Waals surface area contributed by atoms with E-state index >= 15 is 0 Å². The number of halogens is 1. The second kappa shape index (κ2) is 5.09. The van der Waals surface area contributed by atoms with Gasteiger partial charge in [0, 0.05) is 0 Å². The predicted octanol–water partition coefficient (Wildman–Crippen LogP) is 2.08. The summed E-state index contributed by atoms with van der Waals surface area (Å²) in [6.07, 6.45) is 1.31. The first-order valence-corrected chi connectivity index (χ1v) is 5.81. The van der Waals surface area contributed by atoms with Gasteiger partial charge in [-0.2, -0.15) is 5.10 Å². The molecule has 0 bridgehead atoms. The van der Waals surface area contributed by atoms with E-state index in [-0.39, 0.29) is 23.8 Å². The Labute approximate surface area is 109 Å². The third-order valence-corrected chi connectivity index (χ3v) is 2.70. The van der Waals surface area contributed by atoms with Crippen LogP contribution in [0.5, 0.6) is 0 Å². The van der Waals surface area contributed by atoms with Crippen LogP contribution in [0.4, 0.5) is 10.2 Å². The van der Waals surface area contributed by atoms with Gasteiger partial charge >= 0.3 is 5.97 Å². The summed E-state index contributed by atoms with van der Waals surface area (Å²) in [5.41, 5.74) is 6.98. The van der Waals surface area contributed by atoms with Crippen LogP contribution in [-0.2, 0) is 4.74 Å². The van der Waals surface area contributed by atoms with Crippen LogP contribution in [0.15, 0.2) is 24.4 Å². The van der Waals surface area contributed by atoms with E-state index in [9.17, 15) is 9.18 Å². The molecule has 100 valence electrons. The van der Waals surface area contributed by atoms with Gasteiger partial charge in [-0.25, -0.2) is 13.9 Å². The normalized spacial score (nSPS) is 10.5. The number of nitrogens with zero attached hydrogens (tertiary/aromatic N) is 2. The van der Waals surface area contributed by atoms with E-state index in [1.165, 1.54) is 16.9 Å². The number of aromatic nitrogens is 2. The molecule has 0 amide bonds. The minimum Gasteiger partial charge on any atom is -0.462 e. The van der Waals surface area contributed by atoms with E-state index in [0.29, 0.717) is 11.3 Å². The van der Waals surface area contributed by atoms with Crippen molar-refractivity contribution in [1.29, 1.82) is 0 Å². The Bertz CT molecular complexity index is 622. The number of carbonyl (C=O) groups is 1. The molecule has 0 aliphatic carbocycles. The number of hydrogen-bond donors (Lipinski definition) is 1. The second-order valence-electron chi connectivity index (χ2n) is 4.01. The lowest BCUT2D eigenvalue weighted by atomic mass is 10.2. The summed E-state index contributed by atoms with van der Waals surface area (Å²) < 4.78 is 19.7. The van der Waals surface area contributed by atoms with Gasteiger partial charge in [-0.1, -0.05) is 6.07 Å². The number of aryl methyl sites for hydroxylation is 1. The highest BCUT2D eigenvalue weighted by Gasteiger charge is 2.17. The Hall–Kier alpha value is -2.37. The smallest absolute Gasteiger partial charge is 0.343 e. The quantitative estimate of drug-likeness (QED) is 0.861. The zero-order valence-corrected chi connectivity index (χ0v) is 10.7. The van der Waals surface area contributed by atoms with E-state index in [4.69, 9.17) is 10.5 Å².